The fraction of sp³-hybridized carbons (Fsp3) is 0.0526. The first-order valence-corrected chi connectivity index (χ1v) is 8.45. The van der Waals surface area contributed by atoms with Crippen LogP contribution >= 0.6 is 23.2 Å². The molecule has 2 aromatic heterocycles. The van der Waals surface area contributed by atoms with E-state index in [1.165, 1.54) is 12.1 Å². The van der Waals surface area contributed by atoms with Crippen LogP contribution < -0.4 is 11.2 Å². The number of aromatic amines is 1. The van der Waals surface area contributed by atoms with Gasteiger partial charge in [-0.3, -0.25) is 4.79 Å². The lowest BCUT2D eigenvalue weighted by atomic mass is 10.0. The number of H-pyrrole nitrogens is 1. The quantitative estimate of drug-likeness (QED) is 0.504. The van der Waals surface area contributed by atoms with Gasteiger partial charge >= 0.3 is 5.63 Å². The van der Waals surface area contributed by atoms with Gasteiger partial charge < -0.3 is 14.5 Å². The van der Waals surface area contributed by atoms with Crippen molar-refractivity contribution in [2.24, 2.45) is 0 Å². The summed E-state index contributed by atoms with van der Waals surface area (Å²) < 4.78 is 5.40. The second kappa shape index (κ2) is 6.20. The fourth-order valence-electron chi connectivity index (χ4n) is 2.98. The van der Waals surface area contributed by atoms with Gasteiger partial charge in [-0.05, 0) is 17.7 Å². The maximum atomic E-state index is 12.5. The van der Waals surface area contributed by atoms with E-state index >= 15 is 0 Å². The van der Waals surface area contributed by atoms with Crippen LogP contribution in [0.4, 0.5) is 0 Å². The molecule has 0 saturated heterocycles. The van der Waals surface area contributed by atoms with Gasteiger partial charge in [0.25, 0.3) is 5.56 Å². The predicted molar refractivity (Wildman–Crippen MR) is 102 cm³/mol. The van der Waals surface area contributed by atoms with Gasteiger partial charge in [0.2, 0.25) is 0 Å². The van der Waals surface area contributed by atoms with Crippen LogP contribution in [0.2, 0.25) is 10.0 Å². The van der Waals surface area contributed by atoms with Crippen molar-refractivity contribution in [1.29, 1.82) is 0 Å². The molecule has 7 heteroatoms. The summed E-state index contributed by atoms with van der Waals surface area (Å²) in [6.45, 7) is 0. The third-order valence-electron chi connectivity index (χ3n) is 4.21. The Labute approximate surface area is 156 Å². The van der Waals surface area contributed by atoms with Gasteiger partial charge in [0.05, 0.1) is 26.5 Å². The second-order valence-electron chi connectivity index (χ2n) is 5.82. The van der Waals surface area contributed by atoms with E-state index in [0.717, 1.165) is 5.56 Å². The van der Waals surface area contributed by atoms with Crippen LogP contribution in [-0.4, -0.2) is 10.1 Å². The van der Waals surface area contributed by atoms with Crippen molar-refractivity contribution >= 4 is 45.1 Å². The van der Waals surface area contributed by atoms with Crippen molar-refractivity contribution in [2.75, 3.05) is 0 Å². The topological polar surface area (TPSA) is 83.3 Å². The molecule has 2 heterocycles. The molecule has 0 fully saturated rings. The van der Waals surface area contributed by atoms with Crippen molar-refractivity contribution in [3.05, 3.63) is 84.4 Å². The van der Waals surface area contributed by atoms with Crippen LogP contribution in [0.3, 0.4) is 0 Å². The fourth-order valence-corrected chi connectivity index (χ4v) is 3.42. The number of rotatable bonds is 2. The van der Waals surface area contributed by atoms with Gasteiger partial charge in [-0.2, -0.15) is 0 Å². The lowest BCUT2D eigenvalue weighted by molar-refractivity contribution is 0.458. The molecule has 2 N–H and O–H groups in total. The Kier molecular flexibility index (Phi) is 3.98. The zero-order chi connectivity index (χ0) is 18.4. The molecule has 5 nitrogen and oxygen atoms in total. The number of benzene rings is 2. The number of fused-ring (bicyclic) bond motifs is 3. The number of hydrogen-bond acceptors (Lipinski definition) is 4. The largest absolute Gasteiger partial charge is 0.506 e. The van der Waals surface area contributed by atoms with E-state index in [-0.39, 0.29) is 43.9 Å². The van der Waals surface area contributed by atoms with Crippen molar-refractivity contribution in [3.63, 3.8) is 0 Å². The maximum Gasteiger partial charge on any atom is 0.343 e. The summed E-state index contributed by atoms with van der Waals surface area (Å²) in [4.78, 5) is 27.6. The van der Waals surface area contributed by atoms with Crippen molar-refractivity contribution in [3.8, 4) is 5.75 Å². The molecule has 0 aliphatic heterocycles. The molecule has 0 aliphatic rings. The first-order chi connectivity index (χ1) is 12.5. The molecule has 4 rings (SSSR count). The molecule has 26 heavy (non-hydrogen) atoms. The molecular formula is C19H11Cl2NO4. The molecule has 0 unspecified atom stereocenters. The average Bonchev–Trinajstić information content (AvgIpc) is 2.62. The average molecular weight is 388 g/mol. The van der Waals surface area contributed by atoms with E-state index < -0.39 is 16.9 Å². The minimum Gasteiger partial charge on any atom is -0.506 e. The van der Waals surface area contributed by atoms with E-state index in [1.807, 2.05) is 30.3 Å². The number of aromatic nitrogens is 1. The van der Waals surface area contributed by atoms with Crippen LogP contribution in [0.25, 0.3) is 21.9 Å². The first-order valence-electron chi connectivity index (χ1n) is 7.70. The number of halogens is 2. The molecule has 0 bridgehead atoms. The standard InChI is InChI=1S/C19H11Cl2NO4/c20-11-6-7-12(21)15-13(11)17-14(18(24)22-15)16(23)10(19(25)26-17)8-9-4-2-1-3-5-9/h1-7,23H,8H2,(H,22,24). The van der Waals surface area contributed by atoms with Gasteiger partial charge in [0.15, 0.2) is 5.58 Å². The summed E-state index contributed by atoms with van der Waals surface area (Å²) in [5.74, 6) is -0.417. The van der Waals surface area contributed by atoms with E-state index in [4.69, 9.17) is 27.6 Å². The summed E-state index contributed by atoms with van der Waals surface area (Å²) >= 11 is 12.3. The molecule has 2 aromatic carbocycles. The molecule has 0 spiro atoms. The van der Waals surface area contributed by atoms with E-state index in [2.05, 4.69) is 4.98 Å². The zero-order valence-electron chi connectivity index (χ0n) is 13.2. The number of nitrogens with one attached hydrogen (secondary N) is 1. The third kappa shape index (κ3) is 2.57. The number of hydrogen-bond donors (Lipinski definition) is 2. The highest BCUT2D eigenvalue weighted by atomic mass is 35.5. The number of pyridine rings is 1. The van der Waals surface area contributed by atoms with Gasteiger partial charge in [-0.1, -0.05) is 53.5 Å². The maximum absolute atomic E-state index is 12.5. The van der Waals surface area contributed by atoms with Crippen molar-refractivity contribution < 1.29 is 9.52 Å². The molecule has 0 atom stereocenters. The minimum absolute atomic E-state index is 0.00620. The second-order valence-corrected chi connectivity index (χ2v) is 6.63. The normalized spacial score (nSPS) is 11.3. The summed E-state index contributed by atoms with van der Waals surface area (Å²) in [5, 5.41) is 11.3. The molecule has 0 aliphatic carbocycles. The van der Waals surface area contributed by atoms with Gasteiger partial charge in [-0.15, -0.1) is 0 Å². The smallest absolute Gasteiger partial charge is 0.343 e. The number of aromatic hydroxyl groups is 1. The van der Waals surface area contributed by atoms with Crippen molar-refractivity contribution in [1.82, 2.24) is 4.98 Å². The van der Waals surface area contributed by atoms with Crippen LogP contribution in [0.1, 0.15) is 11.1 Å². The first kappa shape index (κ1) is 16.7. The Morgan fingerprint density at radius 3 is 2.38 bits per heavy atom. The predicted octanol–water partition coefficient (Wildman–Crippen LogP) is 4.24. The van der Waals surface area contributed by atoms with Crippen LogP contribution in [0.5, 0.6) is 5.75 Å². The van der Waals surface area contributed by atoms with Crippen LogP contribution in [-0.2, 0) is 6.42 Å². The monoisotopic (exact) mass is 387 g/mol. The highest BCUT2D eigenvalue weighted by Gasteiger charge is 2.21. The highest BCUT2D eigenvalue weighted by Crippen LogP contribution is 2.35. The Morgan fingerprint density at radius 1 is 0.962 bits per heavy atom. The molecule has 0 amide bonds. The molecule has 130 valence electrons. The Hall–Kier alpha value is -2.76. The van der Waals surface area contributed by atoms with E-state index in [1.54, 1.807) is 0 Å². The molecule has 4 aromatic rings. The lowest BCUT2D eigenvalue weighted by Gasteiger charge is -2.09. The van der Waals surface area contributed by atoms with Gasteiger partial charge in [0, 0.05) is 6.42 Å². The van der Waals surface area contributed by atoms with E-state index in [9.17, 15) is 14.7 Å². The van der Waals surface area contributed by atoms with E-state index in [0.29, 0.717) is 0 Å². The van der Waals surface area contributed by atoms with Crippen LogP contribution in [0, 0.1) is 0 Å². The zero-order valence-corrected chi connectivity index (χ0v) is 14.7. The SMILES string of the molecule is O=c1oc2c(c(O)c1Cc1ccccc1)c(=O)[nH]c1c(Cl)ccc(Cl)c12. The molecule has 0 saturated carbocycles. The Morgan fingerprint density at radius 2 is 1.65 bits per heavy atom. The molecular weight excluding hydrogens is 377 g/mol. The third-order valence-corrected chi connectivity index (χ3v) is 4.84. The van der Waals surface area contributed by atoms with Gasteiger partial charge in [-0.25, -0.2) is 4.79 Å². The molecule has 0 radical (unpaired) electrons. The van der Waals surface area contributed by atoms with Crippen LogP contribution in [0.15, 0.2) is 56.5 Å². The van der Waals surface area contributed by atoms with Crippen molar-refractivity contribution in [2.45, 2.75) is 6.42 Å². The lowest BCUT2D eigenvalue weighted by Crippen LogP contribution is -2.14. The summed E-state index contributed by atoms with van der Waals surface area (Å²) in [6, 6.07) is 12.1. The Balaban J connectivity index is 2.10. The minimum atomic E-state index is -0.734. The summed E-state index contributed by atoms with van der Waals surface area (Å²) in [6.07, 6.45) is 0.131. The highest BCUT2D eigenvalue weighted by molar-refractivity contribution is 6.41. The Bertz CT molecular complexity index is 1280. The van der Waals surface area contributed by atoms with Gasteiger partial charge in [0.1, 0.15) is 11.1 Å². The summed E-state index contributed by atoms with van der Waals surface area (Å²) in [7, 11) is 0. The summed E-state index contributed by atoms with van der Waals surface area (Å²) in [5.41, 5.74) is -0.390.